The van der Waals surface area contributed by atoms with Crippen molar-refractivity contribution in [2.45, 2.75) is 6.42 Å². The van der Waals surface area contributed by atoms with Crippen LogP contribution in [0.3, 0.4) is 0 Å². The molecule has 0 saturated heterocycles. The molecule has 0 saturated carbocycles. The van der Waals surface area contributed by atoms with Crippen LogP contribution in [0.1, 0.15) is 5.56 Å². The van der Waals surface area contributed by atoms with Gasteiger partial charge >= 0.3 is 11.9 Å². The summed E-state index contributed by atoms with van der Waals surface area (Å²) in [6.07, 6.45) is 0.597. The number of nitrogens with one attached hydrogen (secondary N) is 1. The van der Waals surface area contributed by atoms with Crippen LogP contribution in [0, 0.1) is 0 Å². The molecule has 0 atom stereocenters. The Morgan fingerprint density at radius 3 is 2.74 bits per heavy atom. The fourth-order valence-electron chi connectivity index (χ4n) is 1.73. The molecule has 1 aromatic rings. The lowest BCUT2D eigenvalue weighted by molar-refractivity contribution is -0.152. The van der Waals surface area contributed by atoms with Gasteiger partial charge in [0, 0.05) is 6.54 Å². The van der Waals surface area contributed by atoms with Crippen molar-refractivity contribution in [3.8, 4) is 11.5 Å². The zero-order valence-electron chi connectivity index (χ0n) is 10.6. The molecule has 0 aromatic heterocycles. The van der Waals surface area contributed by atoms with Crippen molar-refractivity contribution in [1.82, 2.24) is 5.32 Å². The van der Waals surface area contributed by atoms with Crippen LogP contribution < -0.4 is 14.8 Å². The number of ether oxygens (including phenoxy) is 3. The van der Waals surface area contributed by atoms with E-state index >= 15 is 0 Å². The predicted octanol–water partition coefficient (Wildman–Crippen LogP) is 0.289. The third-order valence-electron chi connectivity index (χ3n) is 2.68. The number of amides is 1. The average Bonchev–Trinajstić information content (AvgIpc) is 2.46. The lowest BCUT2D eigenvalue weighted by Crippen LogP contribution is -2.33. The zero-order valence-corrected chi connectivity index (χ0v) is 10.6. The van der Waals surface area contributed by atoms with E-state index in [4.69, 9.17) is 9.47 Å². The van der Waals surface area contributed by atoms with E-state index in [1.165, 1.54) is 7.11 Å². The Morgan fingerprint density at radius 2 is 2.00 bits per heavy atom. The number of carbonyl (C=O) groups excluding carboxylic acids is 2. The van der Waals surface area contributed by atoms with E-state index in [1.807, 2.05) is 18.2 Å². The quantitative estimate of drug-likeness (QED) is 0.628. The van der Waals surface area contributed by atoms with Crippen LogP contribution in [0.5, 0.6) is 11.5 Å². The van der Waals surface area contributed by atoms with E-state index in [2.05, 4.69) is 10.1 Å². The number of carbonyl (C=O) groups is 2. The summed E-state index contributed by atoms with van der Waals surface area (Å²) >= 11 is 0. The van der Waals surface area contributed by atoms with E-state index in [0.29, 0.717) is 31.9 Å². The van der Waals surface area contributed by atoms with Crippen LogP contribution in [0.15, 0.2) is 18.2 Å². The minimum absolute atomic E-state index is 0.355. The van der Waals surface area contributed by atoms with E-state index in [9.17, 15) is 9.59 Å². The lowest BCUT2D eigenvalue weighted by atomic mass is 10.1. The Bertz CT molecular complexity index is 486. The van der Waals surface area contributed by atoms with Crippen molar-refractivity contribution < 1.29 is 23.8 Å². The van der Waals surface area contributed by atoms with Gasteiger partial charge in [0.25, 0.3) is 0 Å². The van der Waals surface area contributed by atoms with Crippen LogP contribution in [-0.4, -0.2) is 38.7 Å². The van der Waals surface area contributed by atoms with Crippen LogP contribution in [-0.2, 0) is 20.7 Å². The highest BCUT2D eigenvalue weighted by molar-refractivity contribution is 6.32. The van der Waals surface area contributed by atoms with Crippen LogP contribution >= 0.6 is 0 Å². The number of benzene rings is 1. The van der Waals surface area contributed by atoms with Gasteiger partial charge in [0.05, 0.1) is 7.11 Å². The number of rotatable bonds is 3. The molecule has 1 aliphatic heterocycles. The van der Waals surface area contributed by atoms with Crippen molar-refractivity contribution in [3.63, 3.8) is 0 Å². The maximum atomic E-state index is 11.2. The normalized spacial score (nSPS) is 12.7. The first-order valence-electron chi connectivity index (χ1n) is 5.95. The van der Waals surface area contributed by atoms with E-state index in [0.717, 1.165) is 11.3 Å². The lowest BCUT2D eigenvalue weighted by Gasteiger charge is -2.18. The molecule has 0 unspecified atom stereocenters. The molecule has 19 heavy (non-hydrogen) atoms. The summed E-state index contributed by atoms with van der Waals surface area (Å²) < 4.78 is 15.2. The molecule has 0 radical (unpaired) electrons. The average molecular weight is 265 g/mol. The van der Waals surface area contributed by atoms with E-state index < -0.39 is 11.9 Å². The minimum Gasteiger partial charge on any atom is -0.486 e. The molecule has 6 heteroatoms. The van der Waals surface area contributed by atoms with E-state index in [1.54, 1.807) is 0 Å². The highest BCUT2D eigenvalue weighted by atomic mass is 16.6. The van der Waals surface area contributed by atoms with Crippen molar-refractivity contribution in [2.24, 2.45) is 0 Å². The molecule has 1 N–H and O–H groups in total. The molecule has 0 bridgehead atoms. The highest BCUT2D eigenvalue weighted by Crippen LogP contribution is 2.30. The number of hydrogen-bond donors (Lipinski definition) is 1. The SMILES string of the molecule is COC(=O)C(=O)NCCc1ccc2c(c1)OCCO2. The Kier molecular flexibility index (Phi) is 4.22. The summed E-state index contributed by atoms with van der Waals surface area (Å²) in [5, 5.41) is 2.48. The second-order valence-electron chi connectivity index (χ2n) is 3.98. The summed E-state index contributed by atoms with van der Waals surface area (Å²) in [6, 6.07) is 5.61. The topological polar surface area (TPSA) is 73.9 Å². The number of methoxy groups -OCH3 is 1. The van der Waals surface area contributed by atoms with E-state index in [-0.39, 0.29) is 0 Å². The molecule has 6 nitrogen and oxygen atoms in total. The number of hydrogen-bond acceptors (Lipinski definition) is 5. The number of fused-ring (bicyclic) bond motifs is 1. The summed E-state index contributed by atoms with van der Waals surface area (Å²) in [5.74, 6) is -0.182. The summed E-state index contributed by atoms with van der Waals surface area (Å²) in [5.41, 5.74) is 0.995. The largest absolute Gasteiger partial charge is 0.486 e. The molecule has 0 spiro atoms. The first kappa shape index (κ1) is 13.2. The van der Waals surface area contributed by atoms with Gasteiger partial charge in [-0.1, -0.05) is 6.07 Å². The monoisotopic (exact) mass is 265 g/mol. The van der Waals surface area contributed by atoms with Gasteiger partial charge in [-0.15, -0.1) is 0 Å². The standard InChI is InChI=1S/C13H15NO5/c1-17-13(16)12(15)14-5-4-9-2-3-10-11(8-9)19-7-6-18-10/h2-3,8H,4-7H2,1H3,(H,14,15). The van der Waals surface area contributed by atoms with Gasteiger partial charge in [-0.2, -0.15) is 0 Å². The van der Waals surface area contributed by atoms with Gasteiger partial charge < -0.3 is 19.5 Å². The molecular formula is C13H15NO5. The summed E-state index contributed by atoms with van der Waals surface area (Å²) in [4.78, 5) is 22.0. The molecule has 0 fully saturated rings. The Morgan fingerprint density at radius 1 is 1.26 bits per heavy atom. The molecule has 1 amide bonds. The zero-order chi connectivity index (χ0) is 13.7. The summed E-state index contributed by atoms with van der Waals surface area (Å²) in [6.45, 7) is 1.45. The Hall–Kier alpha value is -2.24. The third kappa shape index (κ3) is 3.37. The highest BCUT2D eigenvalue weighted by Gasteiger charge is 2.14. The second kappa shape index (κ2) is 6.08. The summed E-state index contributed by atoms with van der Waals surface area (Å²) in [7, 11) is 1.17. The van der Waals surface area contributed by atoms with Crippen LogP contribution in [0.25, 0.3) is 0 Å². The second-order valence-corrected chi connectivity index (χ2v) is 3.98. The molecule has 102 valence electrons. The maximum Gasteiger partial charge on any atom is 0.396 e. The Labute approximate surface area is 110 Å². The first-order valence-corrected chi connectivity index (χ1v) is 5.95. The molecule has 2 rings (SSSR count). The van der Waals surface area contributed by atoms with Crippen molar-refractivity contribution >= 4 is 11.9 Å². The Balaban J connectivity index is 1.86. The van der Waals surface area contributed by atoms with Gasteiger partial charge in [-0.05, 0) is 24.1 Å². The van der Waals surface area contributed by atoms with Gasteiger partial charge in [0.2, 0.25) is 0 Å². The molecular weight excluding hydrogens is 250 g/mol. The third-order valence-corrected chi connectivity index (χ3v) is 2.68. The van der Waals surface area contributed by atoms with Gasteiger partial charge in [0.1, 0.15) is 13.2 Å². The molecule has 1 aliphatic rings. The fraction of sp³-hybridized carbons (Fsp3) is 0.385. The van der Waals surface area contributed by atoms with Crippen molar-refractivity contribution in [1.29, 1.82) is 0 Å². The predicted molar refractivity (Wildman–Crippen MR) is 66.2 cm³/mol. The maximum absolute atomic E-state index is 11.2. The van der Waals surface area contributed by atoms with Crippen LogP contribution in [0.2, 0.25) is 0 Å². The van der Waals surface area contributed by atoms with Crippen LogP contribution in [0.4, 0.5) is 0 Å². The van der Waals surface area contributed by atoms with Gasteiger partial charge in [-0.3, -0.25) is 4.79 Å². The minimum atomic E-state index is -0.887. The molecule has 1 heterocycles. The first-order chi connectivity index (χ1) is 9.20. The smallest absolute Gasteiger partial charge is 0.396 e. The fourth-order valence-corrected chi connectivity index (χ4v) is 1.73. The molecule has 0 aliphatic carbocycles. The van der Waals surface area contributed by atoms with Gasteiger partial charge in [-0.25, -0.2) is 4.79 Å². The van der Waals surface area contributed by atoms with Crippen molar-refractivity contribution in [3.05, 3.63) is 23.8 Å². The van der Waals surface area contributed by atoms with Gasteiger partial charge in [0.15, 0.2) is 11.5 Å². The number of esters is 1. The van der Waals surface area contributed by atoms with Crippen molar-refractivity contribution in [2.75, 3.05) is 26.9 Å². The molecule has 1 aromatic carbocycles.